The highest BCUT2D eigenvalue weighted by Gasteiger charge is 2.35. The second kappa shape index (κ2) is 8.88. The number of nitrogens with zero attached hydrogens (tertiary/aromatic N) is 2. The first-order chi connectivity index (χ1) is 15.7. The fraction of sp³-hybridized carbons (Fsp3) is 0.261. The number of thiazole rings is 1. The highest BCUT2D eigenvalue weighted by atomic mass is 32.1. The molecule has 2 aliphatic rings. The van der Waals surface area contributed by atoms with Crippen LogP contribution < -0.4 is 14.8 Å². The first-order valence-corrected chi connectivity index (χ1v) is 11.2. The average Bonchev–Trinajstić information content (AvgIpc) is 3.58. The van der Waals surface area contributed by atoms with Crippen molar-refractivity contribution in [3.63, 3.8) is 0 Å². The van der Waals surface area contributed by atoms with Gasteiger partial charge in [-0.2, -0.15) is 0 Å². The van der Waals surface area contributed by atoms with Gasteiger partial charge in [0.1, 0.15) is 12.6 Å². The Hall–Kier alpha value is -3.59. The lowest BCUT2D eigenvalue weighted by molar-refractivity contribution is -0.120. The van der Waals surface area contributed by atoms with Crippen LogP contribution in [0.25, 0.3) is 11.3 Å². The number of ether oxygens (including phenoxy) is 3. The van der Waals surface area contributed by atoms with E-state index in [0.717, 1.165) is 23.2 Å². The normalized spacial score (nSPS) is 16.8. The third kappa shape index (κ3) is 4.24. The SMILES string of the molecule is O=C(Nc1nc(-c2ccc3c(c2)OCO3)cs1)[C@@H]1CCCN1C(=O)OCc1ccccc1. The molecule has 3 aromatic rings. The van der Waals surface area contributed by atoms with Crippen molar-refractivity contribution in [1.29, 1.82) is 0 Å². The molecule has 2 amide bonds. The Morgan fingerprint density at radius 2 is 2.00 bits per heavy atom. The van der Waals surface area contributed by atoms with E-state index in [1.54, 1.807) is 0 Å². The van der Waals surface area contributed by atoms with Crippen molar-refractivity contribution in [3.8, 4) is 22.8 Å². The van der Waals surface area contributed by atoms with Crippen LogP contribution >= 0.6 is 11.3 Å². The maximum atomic E-state index is 12.9. The van der Waals surface area contributed by atoms with Crippen molar-refractivity contribution < 1.29 is 23.8 Å². The van der Waals surface area contributed by atoms with E-state index in [9.17, 15) is 9.59 Å². The van der Waals surface area contributed by atoms with Gasteiger partial charge in [-0.1, -0.05) is 30.3 Å². The number of likely N-dealkylation sites (tertiary alicyclic amines) is 1. The van der Waals surface area contributed by atoms with E-state index in [1.807, 2.05) is 53.9 Å². The zero-order valence-corrected chi connectivity index (χ0v) is 18.0. The summed E-state index contributed by atoms with van der Waals surface area (Å²) in [6, 6.07) is 14.5. The van der Waals surface area contributed by atoms with Crippen LogP contribution in [0.3, 0.4) is 0 Å². The Balaban J connectivity index is 1.21. The summed E-state index contributed by atoms with van der Waals surface area (Å²) in [4.78, 5) is 31.4. The first kappa shape index (κ1) is 20.3. The molecular weight excluding hydrogens is 430 g/mol. The molecule has 0 unspecified atom stereocenters. The van der Waals surface area contributed by atoms with E-state index < -0.39 is 12.1 Å². The van der Waals surface area contributed by atoms with Gasteiger partial charge >= 0.3 is 6.09 Å². The van der Waals surface area contributed by atoms with Gasteiger partial charge in [0, 0.05) is 17.5 Å². The summed E-state index contributed by atoms with van der Waals surface area (Å²) in [6.07, 6.45) is 0.859. The summed E-state index contributed by atoms with van der Waals surface area (Å²) in [5, 5.41) is 5.20. The molecule has 0 radical (unpaired) electrons. The number of fused-ring (bicyclic) bond motifs is 1. The fourth-order valence-corrected chi connectivity index (χ4v) is 4.49. The lowest BCUT2D eigenvalue weighted by atomic mass is 10.1. The number of rotatable bonds is 5. The number of benzene rings is 2. The Morgan fingerprint density at radius 1 is 1.16 bits per heavy atom. The lowest BCUT2D eigenvalue weighted by Crippen LogP contribution is -2.43. The summed E-state index contributed by atoms with van der Waals surface area (Å²) >= 11 is 1.33. The minimum atomic E-state index is -0.573. The fourth-order valence-electron chi connectivity index (χ4n) is 3.77. The number of carbonyl (C=O) groups is 2. The van der Waals surface area contributed by atoms with E-state index in [-0.39, 0.29) is 19.3 Å². The van der Waals surface area contributed by atoms with Crippen molar-refractivity contribution in [3.05, 3.63) is 59.5 Å². The third-order valence-electron chi connectivity index (χ3n) is 5.40. The molecule has 1 aromatic heterocycles. The summed E-state index contributed by atoms with van der Waals surface area (Å²) in [5.41, 5.74) is 2.51. The van der Waals surface area contributed by atoms with Crippen molar-refractivity contribution in [2.75, 3.05) is 18.7 Å². The van der Waals surface area contributed by atoms with Crippen molar-refractivity contribution >= 4 is 28.5 Å². The molecule has 1 fully saturated rings. The standard InChI is InChI=1S/C23H21N3O5S/c27-21(18-7-4-10-26(18)23(28)29-12-15-5-2-1-3-6-15)25-22-24-17(13-32-22)16-8-9-19-20(11-16)31-14-30-19/h1-3,5-6,8-9,11,13,18H,4,7,10,12,14H2,(H,24,25,27)/t18-/m0/s1. The van der Waals surface area contributed by atoms with Crippen LogP contribution in [0.5, 0.6) is 11.5 Å². The van der Waals surface area contributed by atoms with Gasteiger partial charge in [0.2, 0.25) is 12.7 Å². The minimum Gasteiger partial charge on any atom is -0.454 e. The minimum absolute atomic E-state index is 0.176. The van der Waals surface area contributed by atoms with Crippen LogP contribution in [0.15, 0.2) is 53.9 Å². The van der Waals surface area contributed by atoms with Gasteiger partial charge < -0.3 is 19.5 Å². The number of hydrogen-bond acceptors (Lipinski definition) is 7. The van der Waals surface area contributed by atoms with Crippen molar-refractivity contribution in [2.24, 2.45) is 0 Å². The Morgan fingerprint density at radius 3 is 2.88 bits per heavy atom. The number of nitrogens with one attached hydrogen (secondary N) is 1. The molecule has 0 saturated carbocycles. The van der Waals surface area contributed by atoms with Crippen molar-refractivity contribution in [1.82, 2.24) is 9.88 Å². The molecule has 0 spiro atoms. The molecule has 8 nitrogen and oxygen atoms in total. The zero-order chi connectivity index (χ0) is 21.9. The predicted octanol–water partition coefficient (Wildman–Crippen LogP) is 4.28. The van der Waals surface area contributed by atoms with Gasteiger partial charge in [-0.3, -0.25) is 9.69 Å². The van der Waals surface area contributed by atoms with Crippen LogP contribution in [-0.2, 0) is 16.1 Å². The number of amides is 2. The number of anilines is 1. The molecule has 2 aliphatic heterocycles. The number of hydrogen-bond donors (Lipinski definition) is 1. The molecule has 32 heavy (non-hydrogen) atoms. The number of aromatic nitrogens is 1. The second-order valence-corrected chi connectivity index (χ2v) is 8.34. The summed E-state index contributed by atoms with van der Waals surface area (Å²) < 4.78 is 16.2. The van der Waals surface area contributed by atoms with E-state index in [0.29, 0.717) is 29.6 Å². The van der Waals surface area contributed by atoms with Gasteiger partial charge in [0.25, 0.3) is 0 Å². The van der Waals surface area contributed by atoms with Gasteiger partial charge in [-0.25, -0.2) is 9.78 Å². The van der Waals surface area contributed by atoms with E-state index in [4.69, 9.17) is 14.2 Å². The third-order valence-corrected chi connectivity index (χ3v) is 6.16. The predicted molar refractivity (Wildman–Crippen MR) is 119 cm³/mol. The molecular formula is C23H21N3O5S. The monoisotopic (exact) mass is 451 g/mol. The largest absolute Gasteiger partial charge is 0.454 e. The van der Waals surface area contributed by atoms with Gasteiger partial charge in [-0.05, 0) is 36.6 Å². The maximum absolute atomic E-state index is 12.9. The summed E-state index contributed by atoms with van der Waals surface area (Å²) in [6.45, 7) is 0.880. The Bertz CT molecular complexity index is 1130. The Kier molecular flexibility index (Phi) is 5.64. The molecule has 3 heterocycles. The molecule has 2 aromatic carbocycles. The average molecular weight is 452 g/mol. The molecule has 0 aliphatic carbocycles. The van der Waals surface area contributed by atoms with Gasteiger partial charge in [0.15, 0.2) is 16.6 Å². The highest BCUT2D eigenvalue weighted by molar-refractivity contribution is 7.14. The molecule has 0 bridgehead atoms. The lowest BCUT2D eigenvalue weighted by Gasteiger charge is -2.22. The van der Waals surface area contributed by atoms with Gasteiger partial charge in [0.05, 0.1) is 5.69 Å². The molecule has 5 rings (SSSR count). The smallest absolute Gasteiger partial charge is 0.410 e. The van der Waals surface area contributed by atoms with Crippen LogP contribution in [0, 0.1) is 0 Å². The summed E-state index contributed by atoms with van der Waals surface area (Å²) in [5.74, 6) is 1.13. The zero-order valence-electron chi connectivity index (χ0n) is 17.2. The highest BCUT2D eigenvalue weighted by Crippen LogP contribution is 2.36. The molecule has 164 valence electrons. The van der Waals surface area contributed by atoms with Gasteiger partial charge in [-0.15, -0.1) is 11.3 Å². The van der Waals surface area contributed by atoms with Crippen molar-refractivity contribution in [2.45, 2.75) is 25.5 Å². The first-order valence-electron chi connectivity index (χ1n) is 10.3. The quantitative estimate of drug-likeness (QED) is 0.623. The van der Waals surface area contributed by atoms with E-state index >= 15 is 0 Å². The van der Waals surface area contributed by atoms with E-state index in [2.05, 4.69) is 10.3 Å². The molecule has 1 N–H and O–H groups in total. The van der Waals surface area contributed by atoms with Crippen LogP contribution in [0.1, 0.15) is 18.4 Å². The maximum Gasteiger partial charge on any atom is 0.410 e. The topological polar surface area (TPSA) is 90.0 Å². The van der Waals surface area contributed by atoms with E-state index in [1.165, 1.54) is 16.2 Å². The molecule has 1 atom stereocenters. The summed E-state index contributed by atoms with van der Waals surface area (Å²) in [7, 11) is 0. The molecule has 1 saturated heterocycles. The van der Waals surface area contributed by atoms with Crippen LogP contribution in [0.2, 0.25) is 0 Å². The van der Waals surface area contributed by atoms with Crippen LogP contribution in [0.4, 0.5) is 9.93 Å². The second-order valence-electron chi connectivity index (χ2n) is 7.49. The molecule has 9 heteroatoms. The Labute approximate surface area is 188 Å². The van der Waals surface area contributed by atoms with Crippen LogP contribution in [-0.4, -0.2) is 41.3 Å². The number of carbonyl (C=O) groups excluding carboxylic acids is 2.